The highest BCUT2D eigenvalue weighted by Crippen LogP contribution is 2.24. The molecule has 2 amide bonds. The van der Waals surface area contributed by atoms with Gasteiger partial charge in [0.1, 0.15) is 5.69 Å². The molecule has 1 N–H and O–H groups in total. The van der Waals surface area contributed by atoms with Crippen molar-refractivity contribution >= 4 is 17.5 Å². The van der Waals surface area contributed by atoms with Gasteiger partial charge in [-0.15, -0.1) is 0 Å². The van der Waals surface area contributed by atoms with Crippen molar-refractivity contribution in [2.24, 2.45) is 0 Å². The molecule has 2 aromatic heterocycles. The van der Waals surface area contributed by atoms with Gasteiger partial charge in [-0.05, 0) is 43.5 Å². The maximum atomic E-state index is 12.9. The van der Waals surface area contributed by atoms with E-state index in [1.54, 1.807) is 18.3 Å². The Morgan fingerprint density at radius 2 is 1.97 bits per heavy atom. The van der Waals surface area contributed by atoms with Crippen molar-refractivity contribution in [1.29, 1.82) is 0 Å². The highest BCUT2D eigenvalue weighted by atomic mass is 16.5. The Morgan fingerprint density at radius 1 is 1.13 bits per heavy atom. The smallest absolute Gasteiger partial charge is 0.255 e. The van der Waals surface area contributed by atoms with Crippen LogP contribution >= 0.6 is 0 Å². The van der Waals surface area contributed by atoms with Crippen LogP contribution in [0.5, 0.6) is 0 Å². The maximum Gasteiger partial charge on any atom is 0.255 e. The molecule has 0 aliphatic carbocycles. The number of hydrogen-bond donors (Lipinski definition) is 1. The zero-order valence-electron chi connectivity index (χ0n) is 16.8. The molecule has 8 heteroatoms. The van der Waals surface area contributed by atoms with E-state index >= 15 is 0 Å². The topological polar surface area (TPSA) is 101 Å². The number of para-hydroxylation sites is 1. The number of hydrogen-bond acceptors (Lipinski definition) is 6. The number of carbonyl (C=O) groups excluding carboxylic acids is 2. The number of carbonyl (C=O) groups is 2. The van der Waals surface area contributed by atoms with Gasteiger partial charge in [-0.25, -0.2) is 0 Å². The van der Waals surface area contributed by atoms with Gasteiger partial charge in [0, 0.05) is 32.1 Å². The number of rotatable bonds is 6. The van der Waals surface area contributed by atoms with Crippen LogP contribution in [0.2, 0.25) is 0 Å². The molecule has 0 radical (unpaired) electrons. The molecule has 0 saturated carbocycles. The first kappa shape index (κ1) is 19.8. The van der Waals surface area contributed by atoms with Crippen molar-refractivity contribution in [1.82, 2.24) is 20.0 Å². The minimum Gasteiger partial charge on any atom is -0.339 e. The number of anilines is 1. The van der Waals surface area contributed by atoms with Crippen LogP contribution in [0.1, 0.15) is 41.1 Å². The van der Waals surface area contributed by atoms with Crippen LogP contribution < -0.4 is 5.32 Å². The number of aromatic nitrogens is 3. The SMILES string of the molecule is Cc1cccc(C(=O)N2CCCC2)c1NC(=O)CCc1nc(-c2ccccn2)no1. The van der Waals surface area contributed by atoms with Gasteiger partial charge in [0.05, 0.1) is 11.3 Å². The van der Waals surface area contributed by atoms with Crippen LogP contribution in [-0.4, -0.2) is 44.9 Å². The van der Waals surface area contributed by atoms with Crippen LogP contribution in [0.25, 0.3) is 11.5 Å². The normalized spacial score (nSPS) is 13.4. The molecule has 4 rings (SSSR count). The number of pyridine rings is 1. The quantitative estimate of drug-likeness (QED) is 0.676. The van der Waals surface area contributed by atoms with Crippen molar-refractivity contribution in [2.75, 3.05) is 18.4 Å². The molecule has 1 fully saturated rings. The third-order valence-corrected chi connectivity index (χ3v) is 5.09. The van der Waals surface area contributed by atoms with E-state index in [1.807, 2.05) is 36.1 Å². The summed E-state index contributed by atoms with van der Waals surface area (Å²) in [5.41, 5.74) is 2.56. The second-order valence-electron chi connectivity index (χ2n) is 7.27. The Bertz CT molecular complexity index is 1040. The summed E-state index contributed by atoms with van der Waals surface area (Å²) in [6.45, 7) is 3.40. The van der Waals surface area contributed by atoms with Crippen LogP contribution in [0.3, 0.4) is 0 Å². The van der Waals surface area contributed by atoms with Gasteiger partial charge >= 0.3 is 0 Å². The Hall–Kier alpha value is -3.55. The summed E-state index contributed by atoms with van der Waals surface area (Å²) in [6, 6.07) is 10.9. The average molecular weight is 405 g/mol. The van der Waals surface area contributed by atoms with E-state index in [1.165, 1.54) is 0 Å². The summed E-state index contributed by atoms with van der Waals surface area (Å²) in [6.07, 6.45) is 4.15. The third kappa shape index (κ3) is 4.37. The molecular formula is C22H23N5O3. The number of nitrogens with zero attached hydrogens (tertiary/aromatic N) is 4. The van der Waals surface area contributed by atoms with Gasteiger partial charge in [0.25, 0.3) is 5.91 Å². The molecule has 154 valence electrons. The number of amides is 2. The minimum absolute atomic E-state index is 0.0385. The number of aryl methyl sites for hydroxylation is 2. The predicted molar refractivity (Wildman–Crippen MR) is 111 cm³/mol. The summed E-state index contributed by atoms with van der Waals surface area (Å²) >= 11 is 0. The van der Waals surface area contributed by atoms with Crippen molar-refractivity contribution in [3.8, 4) is 11.5 Å². The highest BCUT2D eigenvalue weighted by Gasteiger charge is 2.23. The standard InChI is InChI=1S/C22H23N5O3/c1-15-7-6-8-16(22(29)27-13-4-5-14-27)20(15)24-18(28)10-11-19-25-21(26-30-19)17-9-2-3-12-23-17/h2-3,6-9,12H,4-5,10-11,13-14H2,1H3,(H,24,28). The highest BCUT2D eigenvalue weighted by molar-refractivity contribution is 6.04. The largest absolute Gasteiger partial charge is 0.339 e. The first-order valence-corrected chi connectivity index (χ1v) is 10.0. The molecule has 3 heterocycles. The van der Waals surface area contributed by atoms with Gasteiger partial charge in [-0.1, -0.05) is 23.4 Å². The van der Waals surface area contributed by atoms with E-state index in [0.717, 1.165) is 31.5 Å². The minimum atomic E-state index is -0.211. The molecule has 1 aliphatic rings. The van der Waals surface area contributed by atoms with Gasteiger partial charge < -0.3 is 14.7 Å². The van der Waals surface area contributed by atoms with Crippen LogP contribution in [0.4, 0.5) is 5.69 Å². The van der Waals surface area contributed by atoms with Crippen molar-refractivity contribution < 1.29 is 14.1 Å². The van der Waals surface area contributed by atoms with E-state index in [9.17, 15) is 9.59 Å². The fourth-order valence-corrected chi connectivity index (χ4v) is 3.48. The lowest BCUT2D eigenvalue weighted by atomic mass is 10.1. The number of nitrogens with one attached hydrogen (secondary N) is 1. The number of likely N-dealkylation sites (tertiary alicyclic amines) is 1. The van der Waals surface area contributed by atoms with E-state index in [4.69, 9.17) is 4.52 Å². The van der Waals surface area contributed by atoms with Crippen LogP contribution in [0, 0.1) is 6.92 Å². The second-order valence-corrected chi connectivity index (χ2v) is 7.27. The monoisotopic (exact) mass is 405 g/mol. The Kier molecular flexibility index (Phi) is 5.83. The second kappa shape index (κ2) is 8.86. The number of benzene rings is 1. The van der Waals surface area contributed by atoms with Crippen molar-refractivity contribution in [2.45, 2.75) is 32.6 Å². The average Bonchev–Trinajstić information content (AvgIpc) is 3.46. The third-order valence-electron chi connectivity index (χ3n) is 5.09. The molecule has 1 aliphatic heterocycles. The van der Waals surface area contributed by atoms with Crippen molar-refractivity contribution in [3.05, 3.63) is 59.6 Å². The Morgan fingerprint density at radius 3 is 2.73 bits per heavy atom. The Labute approximate surface area is 174 Å². The van der Waals surface area contributed by atoms with Crippen molar-refractivity contribution in [3.63, 3.8) is 0 Å². The molecule has 3 aromatic rings. The molecule has 0 bridgehead atoms. The summed E-state index contributed by atoms with van der Waals surface area (Å²) < 4.78 is 5.23. The van der Waals surface area contributed by atoms with E-state index in [2.05, 4.69) is 20.4 Å². The maximum absolute atomic E-state index is 12.9. The predicted octanol–water partition coefficient (Wildman–Crippen LogP) is 3.25. The summed E-state index contributed by atoms with van der Waals surface area (Å²) in [7, 11) is 0. The summed E-state index contributed by atoms with van der Waals surface area (Å²) in [5, 5.41) is 6.82. The zero-order valence-corrected chi connectivity index (χ0v) is 16.8. The van der Waals surface area contributed by atoms with E-state index < -0.39 is 0 Å². The first-order valence-electron chi connectivity index (χ1n) is 10.0. The van der Waals surface area contributed by atoms with Gasteiger partial charge in [-0.2, -0.15) is 4.98 Å². The molecule has 30 heavy (non-hydrogen) atoms. The fraction of sp³-hybridized carbons (Fsp3) is 0.318. The lowest BCUT2D eigenvalue weighted by Gasteiger charge is -2.19. The molecule has 8 nitrogen and oxygen atoms in total. The van der Waals surface area contributed by atoms with Crippen LogP contribution in [-0.2, 0) is 11.2 Å². The molecular weight excluding hydrogens is 382 g/mol. The van der Waals surface area contributed by atoms with Gasteiger partial charge in [0.2, 0.25) is 17.6 Å². The Balaban J connectivity index is 1.41. The molecule has 0 unspecified atom stereocenters. The van der Waals surface area contributed by atoms with E-state index in [-0.39, 0.29) is 18.2 Å². The van der Waals surface area contributed by atoms with Gasteiger partial charge in [0.15, 0.2) is 0 Å². The molecule has 0 atom stereocenters. The summed E-state index contributed by atoms with van der Waals surface area (Å²) in [4.78, 5) is 35.7. The lowest BCUT2D eigenvalue weighted by Crippen LogP contribution is -2.29. The lowest BCUT2D eigenvalue weighted by molar-refractivity contribution is -0.116. The van der Waals surface area contributed by atoms with Crippen LogP contribution in [0.15, 0.2) is 47.1 Å². The molecule has 1 aromatic carbocycles. The first-order chi connectivity index (χ1) is 14.6. The summed E-state index contributed by atoms with van der Waals surface area (Å²) in [5.74, 6) is 0.508. The molecule has 0 spiro atoms. The fourth-order valence-electron chi connectivity index (χ4n) is 3.48. The zero-order chi connectivity index (χ0) is 20.9. The van der Waals surface area contributed by atoms with Gasteiger partial charge in [-0.3, -0.25) is 14.6 Å². The van der Waals surface area contributed by atoms with E-state index in [0.29, 0.717) is 35.1 Å². The molecule has 1 saturated heterocycles.